The molecule has 0 radical (unpaired) electrons. The molecule has 2 aromatic carbocycles. The molecule has 0 aliphatic carbocycles. The Morgan fingerprint density at radius 1 is 1.05 bits per heavy atom. The van der Waals surface area contributed by atoms with E-state index < -0.39 is 0 Å². The summed E-state index contributed by atoms with van der Waals surface area (Å²) < 4.78 is 7.63. The minimum Gasteiger partial charge on any atom is -0.496 e. The van der Waals surface area contributed by atoms with Crippen LogP contribution in [0.3, 0.4) is 0 Å². The Hall–Kier alpha value is -0.840. The summed E-state index contributed by atoms with van der Waals surface area (Å²) in [6.07, 6.45) is 0. The second-order valence-corrected chi connectivity index (χ2v) is 6.40. The van der Waals surface area contributed by atoms with E-state index in [0.717, 1.165) is 20.3 Å². The number of rotatable bonds is 4. The first-order chi connectivity index (χ1) is 9.56. The maximum atomic E-state index is 5.49. The molecule has 1 atom stereocenters. The number of ether oxygens (including phenoxy) is 1. The number of aryl methyl sites for hydroxylation is 1. The summed E-state index contributed by atoms with van der Waals surface area (Å²) in [5.41, 5.74) is 3.53. The number of benzene rings is 2. The van der Waals surface area contributed by atoms with Gasteiger partial charge in [0.05, 0.1) is 13.2 Å². The van der Waals surface area contributed by atoms with Crippen molar-refractivity contribution < 1.29 is 4.74 Å². The Kier molecular flexibility index (Phi) is 5.24. The maximum Gasteiger partial charge on any atom is 0.124 e. The van der Waals surface area contributed by atoms with E-state index in [1.807, 2.05) is 19.2 Å². The van der Waals surface area contributed by atoms with Gasteiger partial charge in [0.1, 0.15) is 5.75 Å². The molecule has 0 fully saturated rings. The summed E-state index contributed by atoms with van der Waals surface area (Å²) in [5, 5.41) is 3.37. The molecular weight excluding hydrogens is 382 g/mol. The minimum absolute atomic E-state index is 0.0671. The highest BCUT2D eigenvalue weighted by Gasteiger charge is 2.19. The van der Waals surface area contributed by atoms with Crippen molar-refractivity contribution in [1.82, 2.24) is 5.32 Å². The summed E-state index contributed by atoms with van der Waals surface area (Å²) in [6, 6.07) is 12.5. The summed E-state index contributed by atoms with van der Waals surface area (Å²) in [6.45, 7) is 2.09. The van der Waals surface area contributed by atoms with E-state index in [2.05, 4.69) is 68.4 Å². The Labute approximate surface area is 136 Å². The SMILES string of the molecule is CNC(c1ccc(C)cc1Br)c1cc(Br)ccc1OC. The molecule has 20 heavy (non-hydrogen) atoms. The van der Waals surface area contributed by atoms with Crippen LogP contribution in [0.1, 0.15) is 22.7 Å². The van der Waals surface area contributed by atoms with Crippen LogP contribution in [-0.4, -0.2) is 14.2 Å². The van der Waals surface area contributed by atoms with Crippen LogP contribution in [-0.2, 0) is 0 Å². The van der Waals surface area contributed by atoms with E-state index in [1.165, 1.54) is 11.1 Å². The summed E-state index contributed by atoms with van der Waals surface area (Å²) in [7, 11) is 3.65. The minimum atomic E-state index is 0.0671. The first-order valence-corrected chi connectivity index (χ1v) is 7.92. The Balaban J connectivity index is 2.54. The highest BCUT2D eigenvalue weighted by atomic mass is 79.9. The third kappa shape index (κ3) is 3.25. The second kappa shape index (κ2) is 6.74. The van der Waals surface area contributed by atoms with E-state index in [4.69, 9.17) is 4.74 Å². The molecule has 0 amide bonds. The van der Waals surface area contributed by atoms with Gasteiger partial charge in [0.15, 0.2) is 0 Å². The van der Waals surface area contributed by atoms with Gasteiger partial charge in [0.25, 0.3) is 0 Å². The van der Waals surface area contributed by atoms with E-state index in [-0.39, 0.29) is 6.04 Å². The van der Waals surface area contributed by atoms with Crippen molar-refractivity contribution in [1.29, 1.82) is 0 Å². The van der Waals surface area contributed by atoms with Crippen LogP contribution in [0.4, 0.5) is 0 Å². The zero-order chi connectivity index (χ0) is 14.7. The summed E-state index contributed by atoms with van der Waals surface area (Å²) in [5.74, 6) is 0.875. The zero-order valence-electron chi connectivity index (χ0n) is 11.7. The Bertz CT molecular complexity index is 613. The van der Waals surface area contributed by atoms with Gasteiger partial charge in [-0.05, 0) is 49.4 Å². The molecular formula is C16H17Br2NO. The van der Waals surface area contributed by atoms with Crippen molar-refractivity contribution in [3.05, 3.63) is 62.0 Å². The van der Waals surface area contributed by atoms with Crippen molar-refractivity contribution in [3.8, 4) is 5.75 Å². The van der Waals surface area contributed by atoms with Gasteiger partial charge in [-0.2, -0.15) is 0 Å². The van der Waals surface area contributed by atoms with Crippen LogP contribution >= 0.6 is 31.9 Å². The molecule has 2 rings (SSSR count). The molecule has 1 unspecified atom stereocenters. The monoisotopic (exact) mass is 397 g/mol. The van der Waals surface area contributed by atoms with Crippen LogP contribution in [0.15, 0.2) is 45.3 Å². The number of methoxy groups -OCH3 is 1. The molecule has 2 nitrogen and oxygen atoms in total. The lowest BCUT2D eigenvalue weighted by Gasteiger charge is -2.21. The Morgan fingerprint density at radius 2 is 1.80 bits per heavy atom. The quantitative estimate of drug-likeness (QED) is 0.795. The second-order valence-electron chi connectivity index (χ2n) is 4.63. The van der Waals surface area contributed by atoms with Crippen LogP contribution in [0.5, 0.6) is 5.75 Å². The van der Waals surface area contributed by atoms with E-state index in [1.54, 1.807) is 7.11 Å². The molecule has 0 heterocycles. The number of nitrogens with one attached hydrogen (secondary N) is 1. The number of halogens is 2. The van der Waals surface area contributed by atoms with Gasteiger partial charge in [0.2, 0.25) is 0 Å². The highest BCUT2D eigenvalue weighted by molar-refractivity contribution is 9.10. The highest BCUT2D eigenvalue weighted by Crippen LogP contribution is 2.35. The van der Waals surface area contributed by atoms with Gasteiger partial charge < -0.3 is 10.1 Å². The molecule has 4 heteroatoms. The fourth-order valence-corrected chi connectivity index (χ4v) is 3.38. The van der Waals surface area contributed by atoms with Crippen molar-refractivity contribution in [2.45, 2.75) is 13.0 Å². The van der Waals surface area contributed by atoms with Gasteiger partial charge in [-0.15, -0.1) is 0 Å². The summed E-state index contributed by atoms with van der Waals surface area (Å²) in [4.78, 5) is 0. The lowest BCUT2D eigenvalue weighted by atomic mass is 9.97. The molecule has 0 aliphatic rings. The van der Waals surface area contributed by atoms with Gasteiger partial charge in [-0.1, -0.05) is 44.0 Å². The predicted molar refractivity (Wildman–Crippen MR) is 90.5 cm³/mol. The maximum absolute atomic E-state index is 5.49. The lowest BCUT2D eigenvalue weighted by Crippen LogP contribution is -2.19. The number of hydrogen-bond acceptors (Lipinski definition) is 2. The average Bonchev–Trinajstić information content (AvgIpc) is 2.42. The lowest BCUT2D eigenvalue weighted by molar-refractivity contribution is 0.405. The smallest absolute Gasteiger partial charge is 0.124 e. The molecule has 2 aromatic rings. The van der Waals surface area contributed by atoms with Gasteiger partial charge in [0, 0.05) is 14.5 Å². The number of hydrogen-bond donors (Lipinski definition) is 1. The third-order valence-corrected chi connectivity index (χ3v) is 4.44. The normalized spacial score (nSPS) is 12.2. The van der Waals surface area contributed by atoms with Gasteiger partial charge >= 0.3 is 0 Å². The Morgan fingerprint density at radius 3 is 2.40 bits per heavy atom. The molecule has 0 bridgehead atoms. The molecule has 1 N–H and O–H groups in total. The first-order valence-electron chi connectivity index (χ1n) is 6.33. The van der Waals surface area contributed by atoms with Crippen LogP contribution in [0.2, 0.25) is 0 Å². The van der Waals surface area contributed by atoms with Crippen molar-refractivity contribution in [2.75, 3.05) is 14.2 Å². The first kappa shape index (κ1) is 15.5. The average molecular weight is 399 g/mol. The van der Waals surface area contributed by atoms with Crippen molar-refractivity contribution in [2.24, 2.45) is 0 Å². The van der Waals surface area contributed by atoms with E-state index >= 15 is 0 Å². The van der Waals surface area contributed by atoms with Crippen molar-refractivity contribution in [3.63, 3.8) is 0 Å². The predicted octanol–water partition coefficient (Wildman–Crippen LogP) is 4.84. The molecule has 0 aliphatic heterocycles. The van der Waals surface area contributed by atoms with Crippen molar-refractivity contribution >= 4 is 31.9 Å². The fraction of sp³-hybridized carbons (Fsp3) is 0.250. The molecule has 0 saturated heterocycles. The van der Waals surface area contributed by atoms with Gasteiger partial charge in [-0.25, -0.2) is 0 Å². The fourth-order valence-electron chi connectivity index (χ4n) is 2.28. The van der Waals surface area contributed by atoms with E-state index in [9.17, 15) is 0 Å². The largest absolute Gasteiger partial charge is 0.496 e. The van der Waals surface area contributed by atoms with Crippen LogP contribution in [0.25, 0.3) is 0 Å². The van der Waals surface area contributed by atoms with Gasteiger partial charge in [-0.3, -0.25) is 0 Å². The van der Waals surface area contributed by atoms with Crippen LogP contribution in [0, 0.1) is 6.92 Å². The molecule has 0 spiro atoms. The molecule has 0 aromatic heterocycles. The third-order valence-electron chi connectivity index (χ3n) is 3.26. The van der Waals surface area contributed by atoms with Crippen LogP contribution < -0.4 is 10.1 Å². The van der Waals surface area contributed by atoms with E-state index in [0.29, 0.717) is 0 Å². The standard InChI is InChI=1S/C16H17Br2NO/c1-10-4-6-12(14(18)8-10)16(19-2)13-9-11(17)5-7-15(13)20-3/h4-9,16,19H,1-3H3. The summed E-state index contributed by atoms with van der Waals surface area (Å²) >= 11 is 7.19. The molecule has 0 saturated carbocycles. The molecule has 106 valence electrons. The topological polar surface area (TPSA) is 21.3 Å². The zero-order valence-corrected chi connectivity index (χ0v) is 14.9.